The van der Waals surface area contributed by atoms with E-state index in [1.165, 1.54) is 0 Å². The summed E-state index contributed by atoms with van der Waals surface area (Å²) >= 11 is 0. The topological polar surface area (TPSA) is 49.9 Å². The monoisotopic (exact) mass is 366 g/mol. The number of nitrogens with zero attached hydrogens (tertiary/aromatic N) is 2. The van der Waals surface area contributed by atoms with E-state index in [-0.39, 0.29) is 0 Å². The zero-order valence-corrected chi connectivity index (χ0v) is 16.4. The van der Waals surface area contributed by atoms with Crippen molar-refractivity contribution in [3.63, 3.8) is 0 Å². The van der Waals surface area contributed by atoms with Crippen LogP contribution < -0.4 is 0 Å². The first-order valence-corrected chi connectivity index (χ1v) is 10.7. The fourth-order valence-corrected chi connectivity index (χ4v) is 5.83. The van der Waals surface area contributed by atoms with E-state index in [2.05, 4.69) is 4.90 Å². The number of hydrogen-bond donors (Lipinski definition) is 0. The summed E-state index contributed by atoms with van der Waals surface area (Å²) in [5, 5.41) is 0. The second kappa shape index (κ2) is 7.74. The van der Waals surface area contributed by atoms with E-state index in [1.54, 1.807) is 17.5 Å². The minimum atomic E-state index is -3.39. The van der Waals surface area contributed by atoms with Crippen molar-refractivity contribution < 1.29 is 13.2 Å². The van der Waals surface area contributed by atoms with Gasteiger partial charge in [0.1, 0.15) is 0 Å². The molecule has 0 N–H and O–H groups in total. The number of likely N-dealkylation sites (tertiary alicyclic amines) is 1. The number of piperidine rings is 2. The summed E-state index contributed by atoms with van der Waals surface area (Å²) in [4.78, 5) is 2.99. The lowest BCUT2D eigenvalue weighted by atomic mass is 10.00. The molecule has 3 rings (SSSR count). The molecule has 0 unspecified atom stereocenters. The summed E-state index contributed by atoms with van der Waals surface area (Å²) in [6.07, 6.45) is 4.39. The van der Waals surface area contributed by atoms with E-state index in [0.29, 0.717) is 30.1 Å². The fraction of sp³-hybridized carbons (Fsp3) is 0.684. The molecule has 6 heteroatoms. The van der Waals surface area contributed by atoms with Gasteiger partial charge in [0.25, 0.3) is 0 Å². The normalized spacial score (nSPS) is 22.4. The lowest BCUT2D eigenvalue weighted by molar-refractivity contribution is 0.0190. The zero-order chi connectivity index (χ0) is 18.0. The highest BCUT2D eigenvalue weighted by Crippen LogP contribution is 2.27. The molecule has 0 atom stereocenters. The van der Waals surface area contributed by atoms with Crippen molar-refractivity contribution in [1.82, 2.24) is 9.21 Å². The molecule has 140 valence electrons. The number of ether oxygens (including phenoxy) is 1. The van der Waals surface area contributed by atoms with Gasteiger partial charge in [-0.05, 0) is 56.7 Å². The highest BCUT2D eigenvalue weighted by molar-refractivity contribution is 7.89. The molecule has 0 radical (unpaired) electrons. The van der Waals surface area contributed by atoms with Gasteiger partial charge in [-0.2, -0.15) is 4.31 Å². The third-order valence-electron chi connectivity index (χ3n) is 5.71. The first-order chi connectivity index (χ1) is 11.9. The van der Waals surface area contributed by atoms with Crippen molar-refractivity contribution in [2.75, 3.05) is 33.3 Å². The molecule has 0 bridgehead atoms. The number of benzene rings is 1. The lowest BCUT2D eigenvalue weighted by Crippen LogP contribution is -2.49. The van der Waals surface area contributed by atoms with Crippen LogP contribution in [0.2, 0.25) is 0 Å². The van der Waals surface area contributed by atoms with Crippen LogP contribution in [-0.4, -0.2) is 63.1 Å². The summed E-state index contributed by atoms with van der Waals surface area (Å²) < 4.78 is 33.2. The Labute approximate surface area is 152 Å². The Kier molecular flexibility index (Phi) is 5.83. The predicted molar refractivity (Wildman–Crippen MR) is 99.3 cm³/mol. The molecule has 2 saturated heterocycles. The first-order valence-electron chi connectivity index (χ1n) is 9.26. The molecule has 0 amide bonds. The fourth-order valence-electron chi connectivity index (χ4n) is 4.05. The SMILES string of the molecule is COC1CCN(C2CCN(S(=O)(=O)c3cc(C)ccc3C)CC2)CC1. The highest BCUT2D eigenvalue weighted by atomic mass is 32.2. The smallest absolute Gasteiger partial charge is 0.243 e. The first kappa shape index (κ1) is 18.8. The molecule has 0 spiro atoms. The van der Waals surface area contributed by atoms with Crippen LogP contribution >= 0.6 is 0 Å². The predicted octanol–water partition coefficient (Wildman–Crippen LogP) is 2.57. The van der Waals surface area contributed by atoms with E-state index in [4.69, 9.17) is 4.74 Å². The van der Waals surface area contributed by atoms with Crippen LogP contribution in [0.3, 0.4) is 0 Å². The zero-order valence-electron chi connectivity index (χ0n) is 15.6. The molecule has 2 aliphatic rings. The summed E-state index contributed by atoms with van der Waals surface area (Å²) in [5.41, 5.74) is 1.81. The Morgan fingerprint density at radius 3 is 2.24 bits per heavy atom. The van der Waals surface area contributed by atoms with Gasteiger partial charge in [-0.25, -0.2) is 8.42 Å². The van der Waals surface area contributed by atoms with Gasteiger partial charge in [0.15, 0.2) is 0 Å². The van der Waals surface area contributed by atoms with Crippen molar-refractivity contribution in [3.8, 4) is 0 Å². The number of hydrogen-bond acceptors (Lipinski definition) is 4. The summed E-state index contributed by atoms with van der Waals surface area (Å²) in [7, 11) is -1.60. The molecule has 2 heterocycles. The van der Waals surface area contributed by atoms with Gasteiger partial charge >= 0.3 is 0 Å². The standard InChI is InChI=1S/C19H30N2O3S/c1-15-4-5-16(2)19(14-15)25(22,23)21-12-6-17(7-13-21)20-10-8-18(24-3)9-11-20/h4-5,14,17-18H,6-13H2,1-3H3. The van der Waals surface area contributed by atoms with Gasteiger partial charge in [0.2, 0.25) is 10.0 Å². The lowest BCUT2D eigenvalue weighted by Gasteiger charge is -2.41. The van der Waals surface area contributed by atoms with Gasteiger partial charge in [-0.3, -0.25) is 0 Å². The van der Waals surface area contributed by atoms with Gasteiger partial charge < -0.3 is 9.64 Å². The molecule has 0 saturated carbocycles. The molecule has 2 fully saturated rings. The summed E-state index contributed by atoms with van der Waals surface area (Å²) in [6, 6.07) is 6.16. The molecule has 5 nitrogen and oxygen atoms in total. The maximum atomic E-state index is 13.0. The Balaban J connectivity index is 1.63. The van der Waals surface area contributed by atoms with Crippen LogP contribution in [0, 0.1) is 13.8 Å². The molecular weight excluding hydrogens is 336 g/mol. The van der Waals surface area contributed by atoms with Crippen LogP contribution in [0.15, 0.2) is 23.1 Å². The summed E-state index contributed by atoms with van der Waals surface area (Å²) in [6.45, 7) is 7.17. The Morgan fingerprint density at radius 2 is 1.64 bits per heavy atom. The Bertz CT molecular complexity index is 689. The minimum Gasteiger partial charge on any atom is -0.381 e. The van der Waals surface area contributed by atoms with E-state index in [0.717, 1.165) is 49.9 Å². The van der Waals surface area contributed by atoms with Crippen molar-refractivity contribution in [1.29, 1.82) is 0 Å². The van der Waals surface area contributed by atoms with Crippen LogP contribution in [0.1, 0.15) is 36.8 Å². The highest BCUT2D eigenvalue weighted by Gasteiger charge is 2.33. The Hall–Kier alpha value is -0.950. The molecular formula is C19H30N2O3S. The maximum absolute atomic E-state index is 13.0. The average molecular weight is 367 g/mol. The van der Waals surface area contributed by atoms with Crippen molar-refractivity contribution in [3.05, 3.63) is 29.3 Å². The number of sulfonamides is 1. The van der Waals surface area contributed by atoms with Gasteiger partial charge in [0, 0.05) is 39.3 Å². The van der Waals surface area contributed by atoms with Crippen LogP contribution in [-0.2, 0) is 14.8 Å². The van der Waals surface area contributed by atoms with Crippen molar-refractivity contribution in [2.24, 2.45) is 0 Å². The second-order valence-corrected chi connectivity index (χ2v) is 9.28. The average Bonchev–Trinajstić information content (AvgIpc) is 2.64. The molecule has 1 aromatic carbocycles. The quantitative estimate of drug-likeness (QED) is 0.822. The van der Waals surface area contributed by atoms with Crippen LogP contribution in [0.4, 0.5) is 0 Å². The van der Waals surface area contributed by atoms with Gasteiger partial charge in [-0.15, -0.1) is 0 Å². The molecule has 2 aliphatic heterocycles. The second-order valence-electron chi connectivity index (χ2n) is 7.38. The number of methoxy groups -OCH3 is 1. The maximum Gasteiger partial charge on any atom is 0.243 e. The largest absolute Gasteiger partial charge is 0.381 e. The summed E-state index contributed by atoms with van der Waals surface area (Å²) in [5.74, 6) is 0. The van der Waals surface area contributed by atoms with Crippen molar-refractivity contribution in [2.45, 2.75) is 56.6 Å². The van der Waals surface area contributed by atoms with Crippen molar-refractivity contribution >= 4 is 10.0 Å². The molecule has 25 heavy (non-hydrogen) atoms. The van der Waals surface area contributed by atoms with Crippen LogP contribution in [0.5, 0.6) is 0 Å². The molecule has 0 aromatic heterocycles. The van der Waals surface area contributed by atoms with E-state index in [1.807, 2.05) is 26.0 Å². The van der Waals surface area contributed by atoms with Gasteiger partial charge in [0.05, 0.1) is 11.0 Å². The van der Waals surface area contributed by atoms with E-state index >= 15 is 0 Å². The minimum absolute atomic E-state index is 0.390. The molecule has 0 aliphatic carbocycles. The van der Waals surface area contributed by atoms with E-state index < -0.39 is 10.0 Å². The molecule has 1 aromatic rings. The number of aryl methyl sites for hydroxylation is 2. The Morgan fingerprint density at radius 1 is 1.00 bits per heavy atom. The van der Waals surface area contributed by atoms with Crippen LogP contribution in [0.25, 0.3) is 0 Å². The van der Waals surface area contributed by atoms with E-state index in [9.17, 15) is 8.42 Å². The van der Waals surface area contributed by atoms with Gasteiger partial charge in [-0.1, -0.05) is 12.1 Å². The number of rotatable bonds is 4. The third-order valence-corrected chi connectivity index (χ3v) is 7.75. The third kappa shape index (κ3) is 4.08.